The second-order valence-corrected chi connectivity index (χ2v) is 8.68. The quantitative estimate of drug-likeness (QED) is 0.233. The molecule has 3 aromatic heterocycles. The number of benzene rings is 3. The molecule has 1 aliphatic rings. The maximum atomic E-state index is 2.42. The van der Waals surface area contributed by atoms with Gasteiger partial charge in [-0.1, -0.05) is 54.6 Å². The van der Waals surface area contributed by atoms with E-state index in [9.17, 15) is 0 Å². The fraction of sp³-hybridized carbons (Fsp3) is 0.0323. The smallest absolute Gasteiger partial charge is 0.181 e. The summed E-state index contributed by atoms with van der Waals surface area (Å²) < 4.78 is 4.78. The van der Waals surface area contributed by atoms with E-state index in [2.05, 4.69) is 137 Å². The monoisotopic (exact) mass is 422 g/mol. The lowest BCUT2D eigenvalue weighted by molar-refractivity contribution is -0.707. The Morgan fingerprint density at radius 1 is 0.576 bits per heavy atom. The molecule has 0 saturated heterocycles. The summed E-state index contributed by atoms with van der Waals surface area (Å²) >= 11 is 0. The van der Waals surface area contributed by atoms with Crippen LogP contribution in [0.15, 0.2) is 128 Å². The van der Waals surface area contributed by atoms with Gasteiger partial charge in [-0.3, -0.25) is 0 Å². The van der Waals surface area contributed by atoms with Crippen molar-refractivity contribution < 1.29 is 8.97 Å². The second kappa shape index (κ2) is 7.11. The zero-order valence-corrected chi connectivity index (χ0v) is 18.1. The van der Waals surface area contributed by atoms with E-state index in [4.69, 9.17) is 0 Å². The van der Waals surface area contributed by atoms with Crippen LogP contribution in [0.3, 0.4) is 0 Å². The molecule has 7 rings (SSSR count). The van der Waals surface area contributed by atoms with E-state index in [1.54, 1.807) is 0 Å². The summed E-state index contributed by atoms with van der Waals surface area (Å²) in [5.41, 5.74) is 8.91. The van der Waals surface area contributed by atoms with Crippen LogP contribution in [0.5, 0.6) is 0 Å². The molecule has 3 aromatic carbocycles. The van der Waals surface area contributed by atoms with Crippen LogP contribution < -0.4 is 8.97 Å². The van der Waals surface area contributed by atoms with E-state index in [1.165, 1.54) is 49.9 Å². The molecule has 0 fully saturated rings. The first kappa shape index (κ1) is 18.3. The molecule has 0 aliphatic carbocycles. The molecular weight excluding hydrogens is 400 g/mol. The number of pyridine rings is 3. The Morgan fingerprint density at radius 2 is 1.36 bits per heavy atom. The Morgan fingerprint density at radius 3 is 2.30 bits per heavy atom. The van der Waals surface area contributed by atoms with Crippen LogP contribution in [0.4, 0.5) is 0 Å². The highest BCUT2D eigenvalue weighted by Crippen LogP contribution is 2.39. The molecule has 0 spiro atoms. The third-order valence-corrected chi connectivity index (χ3v) is 6.86. The van der Waals surface area contributed by atoms with Crippen LogP contribution in [0.1, 0.15) is 17.3 Å². The summed E-state index contributed by atoms with van der Waals surface area (Å²) in [5.74, 6) is 0. The Balaban J connectivity index is 1.55. The Kier molecular flexibility index (Phi) is 3.94. The maximum Gasteiger partial charge on any atom is 0.268 e. The van der Waals surface area contributed by atoms with E-state index in [-0.39, 0.29) is 6.04 Å². The lowest BCUT2D eigenvalue weighted by Gasteiger charge is -2.10. The minimum atomic E-state index is 0.0966. The molecule has 2 nitrogen and oxygen atoms in total. The van der Waals surface area contributed by atoms with Gasteiger partial charge in [-0.25, -0.2) is 0 Å². The molecule has 154 valence electrons. The molecule has 4 heterocycles. The fourth-order valence-electron chi connectivity index (χ4n) is 5.38. The van der Waals surface area contributed by atoms with Crippen LogP contribution >= 0.6 is 0 Å². The summed E-state index contributed by atoms with van der Waals surface area (Å²) in [6.07, 6.45) is 4.41. The van der Waals surface area contributed by atoms with Gasteiger partial charge in [0.1, 0.15) is 0 Å². The van der Waals surface area contributed by atoms with Crippen molar-refractivity contribution in [1.82, 2.24) is 0 Å². The summed E-state index contributed by atoms with van der Waals surface area (Å²) in [7, 11) is 0. The van der Waals surface area contributed by atoms with E-state index in [0.717, 1.165) is 0 Å². The Labute approximate surface area is 192 Å². The van der Waals surface area contributed by atoms with Crippen LogP contribution in [0, 0.1) is 0 Å². The Hall–Kier alpha value is -4.30. The highest BCUT2D eigenvalue weighted by Gasteiger charge is 2.42. The van der Waals surface area contributed by atoms with Gasteiger partial charge >= 0.3 is 0 Å². The van der Waals surface area contributed by atoms with Gasteiger partial charge in [0.15, 0.2) is 12.4 Å². The van der Waals surface area contributed by atoms with Gasteiger partial charge in [-0.05, 0) is 46.8 Å². The van der Waals surface area contributed by atoms with E-state index >= 15 is 0 Å². The molecule has 0 bridgehead atoms. The van der Waals surface area contributed by atoms with Crippen molar-refractivity contribution in [3.05, 3.63) is 139 Å². The molecular formula is C31H22N2+2. The number of hydrogen-bond acceptors (Lipinski definition) is 0. The summed E-state index contributed by atoms with van der Waals surface area (Å²) in [4.78, 5) is 0. The predicted molar refractivity (Wildman–Crippen MR) is 132 cm³/mol. The number of hydrogen-bond donors (Lipinski definition) is 0. The standard InChI is InChI=1S/C31H22N2/c1-2-10-22(11-3-1)23-16-17-26-27(20-23)31(33-19-9-7-15-29(26)33)30-21-24-12-4-5-13-25(24)28-14-6-8-18-32(28)30/h1-21,31H/q+2/t31-/m1/s1. The molecule has 0 radical (unpaired) electrons. The first-order valence-corrected chi connectivity index (χ1v) is 11.4. The minimum absolute atomic E-state index is 0.0966. The van der Waals surface area contributed by atoms with Crippen molar-refractivity contribution in [2.24, 2.45) is 0 Å². The average molecular weight is 423 g/mol. The van der Waals surface area contributed by atoms with Gasteiger partial charge in [0.25, 0.3) is 11.7 Å². The molecule has 6 aromatic rings. The molecule has 2 heteroatoms. The van der Waals surface area contributed by atoms with E-state index in [0.29, 0.717) is 0 Å². The lowest BCUT2D eigenvalue weighted by Crippen LogP contribution is -2.44. The minimum Gasteiger partial charge on any atom is -0.181 e. The summed E-state index contributed by atoms with van der Waals surface area (Å²) in [5, 5.41) is 2.54. The topological polar surface area (TPSA) is 7.98 Å². The van der Waals surface area contributed by atoms with Crippen molar-refractivity contribution in [3.63, 3.8) is 0 Å². The summed E-state index contributed by atoms with van der Waals surface area (Å²) in [6, 6.07) is 41.7. The van der Waals surface area contributed by atoms with Crippen molar-refractivity contribution >= 4 is 16.3 Å². The van der Waals surface area contributed by atoms with Gasteiger partial charge in [0.05, 0.1) is 10.9 Å². The van der Waals surface area contributed by atoms with E-state index < -0.39 is 0 Å². The van der Waals surface area contributed by atoms with Crippen molar-refractivity contribution in [2.75, 3.05) is 0 Å². The van der Waals surface area contributed by atoms with Crippen LogP contribution in [0.2, 0.25) is 0 Å². The zero-order valence-electron chi connectivity index (χ0n) is 18.1. The third kappa shape index (κ3) is 2.74. The SMILES string of the molecule is c1ccc(-c2ccc3c(c2)[C@H](c2cc4ccccc4c4cccc[n+]24)[n+]2ccccc2-3)cc1. The molecule has 0 amide bonds. The van der Waals surface area contributed by atoms with Gasteiger partial charge in [0.2, 0.25) is 11.2 Å². The van der Waals surface area contributed by atoms with Crippen LogP contribution in [-0.4, -0.2) is 0 Å². The van der Waals surface area contributed by atoms with Crippen molar-refractivity contribution in [2.45, 2.75) is 6.04 Å². The van der Waals surface area contributed by atoms with Crippen LogP contribution in [-0.2, 0) is 0 Å². The van der Waals surface area contributed by atoms with Gasteiger partial charge < -0.3 is 0 Å². The summed E-state index contributed by atoms with van der Waals surface area (Å²) in [6.45, 7) is 0. The first-order chi connectivity index (χ1) is 16.4. The maximum absolute atomic E-state index is 2.42. The lowest BCUT2D eigenvalue weighted by atomic mass is 9.94. The largest absolute Gasteiger partial charge is 0.268 e. The molecule has 1 atom stereocenters. The second-order valence-electron chi connectivity index (χ2n) is 8.68. The molecule has 0 unspecified atom stereocenters. The highest BCUT2D eigenvalue weighted by atomic mass is 15.1. The molecule has 0 N–H and O–H groups in total. The average Bonchev–Trinajstić information content (AvgIpc) is 3.22. The molecule has 33 heavy (non-hydrogen) atoms. The van der Waals surface area contributed by atoms with Gasteiger partial charge in [-0.2, -0.15) is 8.97 Å². The molecule has 1 aliphatic heterocycles. The van der Waals surface area contributed by atoms with Crippen molar-refractivity contribution in [3.8, 4) is 22.4 Å². The van der Waals surface area contributed by atoms with E-state index in [1.807, 2.05) is 0 Å². The third-order valence-electron chi connectivity index (χ3n) is 6.86. The number of fused-ring (bicyclic) bond motifs is 6. The zero-order chi connectivity index (χ0) is 21.8. The number of nitrogens with zero attached hydrogens (tertiary/aromatic N) is 2. The number of rotatable bonds is 2. The molecule has 0 saturated carbocycles. The first-order valence-electron chi connectivity index (χ1n) is 11.4. The van der Waals surface area contributed by atoms with Crippen molar-refractivity contribution in [1.29, 1.82) is 0 Å². The normalized spacial score (nSPS) is 14.4. The van der Waals surface area contributed by atoms with Gasteiger partial charge in [0, 0.05) is 35.9 Å². The highest BCUT2D eigenvalue weighted by molar-refractivity contribution is 5.93. The predicted octanol–water partition coefficient (Wildman–Crippen LogP) is 6.15. The Bertz CT molecular complexity index is 1670. The van der Waals surface area contributed by atoms with Gasteiger partial charge in [-0.15, -0.1) is 0 Å². The van der Waals surface area contributed by atoms with Crippen LogP contribution in [0.25, 0.3) is 38.7 Å². The number of aromatic nitrogens is 2. The fourth-order valence-corrected chi connectivity index (χ4v) is 5.38.